The number of carboxylic acid groups (broad SMARTS) is 1. The van der Waals surface area contributed by atoms with Crippen molar-refractivity contribution in [2.75, 3.05) is 0 Å². The van der Waals surface area contributed by atoms with Crippen LogP contribution in [0.3, 0.4) is 0 Å². The lowest BCUT2D eigenvalue weighted by atomic mass is 9.97. The Balaban J connectivity index is 0. The van der Waals surface area contributed by atoms with Gasteiger partial charge in [0.15, 0.2) is 0 Å². The monoisotopic (exact) mass is 172 g/mol. The third kappa shape index (κ3) is 6.26. The lowest BCUT2D eigenvalue weighted by molar-refractivity contribution is -0.142. The van der Waals surface area contributed by atoms with Crippen LogP contribution in [-0.2, 0) is 4.79 Å². The van der Waals surface area contributed by atoms with E-state index in [0.29, 0.717) is 0 Å². The van der Waals surface area contributed by atoms with E-state index in [0.717, 1.165) is 32.1 Å². The number of aliphatic carboxylic acids is 1. The van der Waals surface area contributed by atoms with E-state index in [2.05, 4.69) is 6.92 Å². The van der Waals surface area contributed by atoms with Crippen LogP contribution in [0.1, 0.15) is 46.0 Å². The molecule has 0 rings (SSSR count). The van der Waals surface area contributed by atoms with Gasteiger partial charge in [-0.25, -0.2) is 0 Å². The molecule has 0 amide bonds. The van der Waals surface area contributed by atoms with Gasteiger partial charge in [0.1, 0.15) is 0 Å². The number of rotatable bonds is 6. The summed E-state index contributed by atoms with van der Waals surface area (Å²) < 4.78 is 0. The van der Waals surface area contributed by atoms with Crippen molar-refractivity contribution >= 4 is 14.4 Å². The Morgan fingerprint density at radius 1 is 1.25 bits per heavy atom. The molecule has 0 aromatic rings. The molecule has 0 aliphatic carbocycles. The Bertz CT molecular complexity index is 115. The summed E-state index contributed by atoms with van der Waals surface area (Å²) in [6.07, 6.45) is 4.78. The Kier molecular flexibility index (Phi) is 10.1. The highest BCUT2D eigenvalue weighted by Crippen LogP contribution is 2.14. The van der Waals surface area contributed by atoms with Crippen molar-refractivity contribution in [2.24, 2.45) is 5.92 Å². The van der Waals surface area contributed by atoms with Crippen molar-refractivity contribution in [1.29, 1.82) is 0 Å². The second-order valence-corrected chi connectivity index (χ2v) is 2.97. The molecule has 1 N–H and O–H groups in total. The first kappa shape index (κ1) is 14.1. The van der Waals surface area contributed by atoms with Crippen LogP contribution in [0.5, 0.6) is 0 Å². The van der Waals surface area contributed by atoms with Crippen LogP contribution in [0.4, 0.5) is 0 Å². The predicted molar refractivity (Wildman–Crippen MR) is 55.5 cm³/mol. The summed E-state index contributed by atoms with van der Waals surface area (Å²) in [5, 5.41) is 8.73. The van der Waals surface area contributed by atoms with Crippen molar-refractivity contribution < 1.29 is 9.90 Å². The van der Waals surface area contributed by atoms with Gasteiger partial charge < -0.3 is 5.11 Å². The van der Waals surface area contributed by atoms with Gasteiger partial charge in [-0.05, 0) is 12.8 Å². The number of hydrogen-bond donors (Lipinski definition) is 1. The quantitative estimate of drug-likeness (QED) is 0.616. The number of carbonyl (C=O) groups is 1. The van der Waals surface area contributed by atoms with Crippen molar-refractivity contribution in [2.45, 2.75) is 46.0 Å². The Morgan fingerprint density at radius 3 is 2.17 bits per heavy atom. The zero-order chi connectivity index (χ0) is 8.69. The second kappa shape index (κ2) is 8.63. The van der Waals surface area contributed by atoms with Crippen molar-refractivity contribution in [3.05, 3.63) is 0 Å². The topological polar surface area (TPSA) is 37.3 Å². The molecule has 0 heterocycles. The second-order valence-electron chi connectivity index (χ2n) is 2.97. The van der Waals surface area contributed by atoms with E-state index in [1.807, 2.05) is 6.92 Å². The van der Waals surface area contributed by atoms with Crippen LogP contribution >= 0.6 is 0 Å². The maximum absolute atomic E-state index is 10.6. The first-order valence-electron chi connectivity index (χ1n) is 4.45. The highest BCUT2D eigenvalue weighted by Gasteiger charge is 2.14. The molecule has 72 valence electrons. The molecule has 0 spiro atoms. The van der Waals surface area contributed by atoms with Gasteiger partial charge in [-0.1, -0.05) is 33.1 Å². The summed E-state index contributed by atoms with van der Waals surface area (Å²) in [7, 11) is 0. The molecule has 12 heavy (non-hydrogen) atoms. The van der Waals surface area contributed by atoms with E-state index >= 15 is 0 Å². The molecule has 0 saturated carbocycles. The van der Waals surface area contributed by atoms with Gasteiger partial charge in [-0.2, -0.15) is 0 Å². The molecular formula is C9H21BO2. The standard InChI is InChI=1S/C9H18O2.BH3/c1-3-5-7-8(6-4-2)9(10)11;/h8H,3-7H2,1-2H3,(H,10,11);1H3. The minimum absolute atomic E-state index is 0. The summed E-state index contributed by atoms with van der Waals surface area (Å²) in [4.78, 5) is 10.6. The Morgan fingerprint density at radius 2 is 1.83 bits per heavy atom. The molecule has 0 fully saturated rings. The van der Waals surface area contributed by atoms with Crippen LogP contribution < -0.4 is 0 Å². The van der Waals surface area contributed by atoms with Crippen molar-refractivity contribution in [1.82, 2.24) is 0 Å². The average molecular weight is 172 g/mol. The predicted octanol–water partition coefficient (Wildman–Crippen LogP) is 1.49. The SMILES string of the molecule is B.CCCCC(CCC)C(=O)O. The maximum Gasteiger partial charge on any atom is 0.306 e. The molecule has 0 radical (unpaired) electrons. The van der Waals surface area contributed by atoms with E-state index in [1.165, 1.54) is 0 Å². The highest BCUT2D eigenvalue weighted by molar-refractivity contribution is 5.75. The van der Waals surface area contributed by atoms with Crippen LogP contribution in [0.2, 0.25) is 0 Å². The lowest BCUT2D eigenvalue weighted by Crippen LogP contribution is -2.12. The van der Waals surface area contributed by atoms with Gasteiger partial charge in [0.05, 0.1) is 14.3 Å². The molecule has 2 nitrogen and oxygen atoms in total. The molecule has 0 aromatic carbocycles. The summed E-state index contributed by atoms with van der Waals surface area (Å²) in [6, 6.07) is 0. The normalized spacial score (nSPS) is 11.8. The maximum atomic E-state index is 10.6. The molecular weight excluding hydrogens is 151 g/mol. The minimum atomic E-state index is -0.625. The van der Waals surface area contributed by atoms with Crippen LogP contribution in [0.15, 0.2) is 0 Å². The van der Waals surface area contributed by atoms with Gasteiger partial charge in [0, 0.05) is 0 Å². The number of unbranched alkanes of at least 4 members (excludes halogenated alkanes) is 1. The molecule has 0 bridgehead atoms. The molecule has 0 aliphatic heterocycles. The molecule has 1 unspecified atom stereocenters. The third-order valence-corrected chi connectivity index (χ3v) is 1.89. The Hall–Kier alpha value is -0.465. The van der Waals surface area contributed by atoms with E-state index in [9.17, 15) is 4.79 Å². The number of carboxylic acids is 1. The van der Waals surface area contributed by atoms with Gasteiger partial charge in [-0.15, -0.1) is 0 Å². The minimum Gasteiger partial charge on any atom is -0.481 e. The smallest absolute Gasteiger partial charge is 0.306 e. The zero-order valence-corrected chi connectivity index (χ0v) is 7.47. The molecule has 1 atom stereocenters. The van der Waals surface area contributed by atoms with E-state index in [4.69, 9.17) is 5.11 Å². The fourth-order valence-electron chi connectivity index (χ4n) is 1.19. The highest BCUT2D eigenvalue weighted by atomic mass is 16.4. The fourth-order valence-corrected chi connectivity index (χ4v) is 1.19. The molecule has 0 aliphatic rings. The van der Waals surface area contributed by atoms with Gasteiger partial charge in [0.25, 0.3) is 0 Å². The Labute approximate surface area is 76.9 Å². The van der Waals surface area contributed by atoms with Crippen LogP contribution in [0, 0.1) is 5.92 Å². The molecule has 3 heteroatoms. The summed E-state index contributed by atoms with van der Waals surface area (Å²) in [6.45, 7) is 4.12. The summed E-state index contributed by atoms with van der Waals surface area (Å²) in [5.41, 5.74) is 0. The summed E-state index contributed by atoms with van der Waals surface area (Å²) >= 11 is 0. The lowest BCUT2D eigenvalue weighted by Gasteiger charge is -2.08. The molecule has 0 aromatic heterocycles. The number of hydrogen-bond acceptors (Lipinski definition) is 1. The van der Waals surface area contributed by atoms with Gasteiger partial charge >= 0.3 is 5.97 Å². The van der Waals surface area contributed by atoms with E-state index < -0.39 is 5.97 Å². The first-order chi connectivity index (χ1) is 5.22. The first-order valence-corrected chi connectivity index (χ1v) is 4.45. The van der Waals surface area contributed by atoms with E-state index in [1.54, 1.807) is 0 Å². The van der Waals surface area contributed by atoms with Crippen molar-refractivity contribution in [3.63, 3.8) is 0 Å². The third-order valence-electron chi connectivity index (χ3n) is 1.89. The van der Waals surface area contributed by atoms with E-state index in [-0.39, 0.29) is 14.3 Å². The van der Waals surface area contributed by atoms with Gasteiger partial charge in [0.2, 0.25) is 0 Å². The van der Waals surface area contributed by atoms with Crippen molar-refractivity contribution in [3.8, 4) is 0 Å². The van der Waals surface area contributed by atoms with Gasteiger partial charge in [-0.3, -0.25) is 4.79 Å². The average Bonchev–Trinajstić information content (AvgIpc) is 1.97. The largest absolute Gasteiger partial charge is 0.481 e. The van der Waals surface area contributed by atoms with Crippen LogP contribution in [0.25, 0.3) is 0 Å². The molecule has 0 saturated heterocycles. The summed E-state index contributed by atoms with van der Waals surface area (Å²) in [5.74, 6) is -0.722. The zero-order valence-electron chi connectivity index (χ0n) is 7.47. The van der Waals surface area contributed by atoms with Crippen LogP contribution in [-0.4, -0.2) is 19.5 Å². The fraction of sp³-hybridized carbons (Fsp3) is 0.889.